The van der Waals surface area contributed by atoms with Gasteiger partial charge in [0.15, 0.2) is 18.6 Å². The first-order valence-electron chi connectivity index (χ1n) is 17.5. The molecule has 0 saturated carbocycles. The normalized spacial score (nSPS) is 29.4. The maximum Gasteiger partial charge on any atom is 0.257 e. The van der Waals surface area contributed by atoms with Gasteiger partial charge in [0.1, 0.15) is 12.2 Å². The summed E-state index contributed by atoms with van der Waals surface area (Å²) in [6.45, 7) is 17.7. The number of carbonyl (C=O) groups is 3. The molecule has 4 aliphatic rings. The summed E-state index contributed by atoms with van der Waals surface area (Å²) in [5.41, 5.74) is -0.255. The Bertz CT molecular complexity index is 1090. The highest BCUT2D eigenvalue weighted by molar-refractivity contribution is 7.59. The Morgan fingerprint density at radius 2 is 1.85 bits per heavy atom. The second-order valence-corrected chi connectivity index (χ2v) is 17.8. The molecule has 0 aliphatic carbocycles. The largest absolute Gasteiger partial charge is 0.353 e. The van der Waals surface area contributed by atoms with Gasteiger partial charge < -0.3 is 28.7 Å². The minimum atomic E-state index is -3.23. The van der Waals surface area contributed by atoms with E-state index in [2.05, 4.69) is 25.7 Å². The van der Waals surface area contributed by atoms with Crippen molar-refractivity contribution in [2.24, 2.45) is 11.3 Å². The summed E-state index contributed by atoms with van der Waals surface area (Å²) in [6.07, 6.45) is 4.74. The molecule has 0 aromatic heterocycles. The van der Waals surface area contributed by atoms with E-state index in [1.165, 1.54) is 11.7 Å². The average molecular weight is 671 g/mol. The van der Waals surface area contributed by atoms with Gasteiger partial charge in [0.05, 0.1) is 13.2 Å². The van der Waals surface area contributed by atoms with Crippen molar-refractivity contribution in [3.63, 3.8) is 0 Å². The SMILES string of the molecule is CCOP(C)(=O)CC(=O)N1O[C@H](CC(C)C)C(=O)N2[C@@H]1CN([C@@H]1CCN(CCCCOC3CCCCO3)C1)C(=O)[C@@H]2CC(C)(C)C. The summed E-state index contributed by atoms with van der Waals surface area (Å²) in [4.78, 5) is 54.2. The van der Waals surface area contributed by atoms with Crippen molar-refractivity contribution in [1.29, 1.82) is 0 Å². The Hall–Kier alpha value is -1.56. The second-order valence-electron chi connectivity index (χ2n) is 15.1. The van der Waals surface area contributed by atoms with Crippen molar-refractivity contribution in [2.45, 2.75) is 124 Å². The van der Waals surface area contributed by atoms with Gasteiger partial charge in [0, 0.05) is 39.0 Å². The van der Waals surface area contributed by atoms with Gasteiger partial charge in [-0.05, 0) is 76.2 Å². The Morgan fingerprint density at radius 3 is 2.50 bits per heavy atom. The van der Waals surface area contributed by atoms with E-state index in [9.17, 15) is 18.9 Å². The Morgan fingerprint density at radius 1 is 1.09 bits per heavy atom. The number of unbranched alkanes of at least 4 members (excludes halogenated alkanes) is 1. The molecule has 0 aromatic rings. The standard InChI is InChI=1S/C33H59N4O8P/c1-8-44-46(7,41)23-29(38)37-28-22-35(25-14-16-34(21-25)15-10-12-18-43-30-13-9-11-17-42-30)31(39)26(20-33(4,5)6)36(28)32(40)27(45-37)19-24(2)3/h24-28,30H,8-23H2,1-7H3/t25-,26+,27-,28+,30?,46?/m1/s1. The highest BCUT2D eigenvalue weighted by atomic mass is 31.2. The van der Waals surface area contributed by atoms with Crippen LogP contribution in [0.25, 0.3) is 0 Å². The predicted molar refractivity (Wildman–Crippen MR) is 175 cm³/mol. The average Bonchev–Trinajstić information content (AvgIpc) is 3.43. The number of hydrogen-bond donors (Lipinski definition) is 0. The molecule has 6 atom stereocenters. The Balaban J connectivity index is 1.49. The molecule has 4 heterocycles. The topological polar surface area (TPSA) is 118 Å². The summed E-state index contributed by atoms with van der Waals surface area (Å²) in [7, 11) is -3.23. The van der Waals surface area contributed by atoms with Gasteiger partial charge in [-0.15, -0.1) is 0 Å². The van der Waals surface area contributed by atoms with Gasteiger partial charge in [-0.25, -0.2) is 0 Å². The van der Waals surface area contributed by atoms with Crippen molar-refractivity contribution >= 4 is 25.1 Å². The summed E-state index contributed by atoms with van der Waals surface area (Å²) >= 11 is 0. The van der Waals surface area contributed by atoms with Gasteiger partial charge in [-0.2, -0.15) is 5.06 Å². The maximum atomic E-state index is 14.3. The lowest BCUT2D eigenvalue weighted by atomic mass is 9.85. The zero-order chi connectivity index (χ0) is 33.6. The van der Waals surface area contributed by atoms with E-state index in [4.69, 9.17) is 18.8 Å². The number of likely N-dealkylation sites (tertiary alicyclic amines) is 1. The Labute approximate surface area is 276 Å². The minimum Gasteiger partial charge on any atom is -0.353 e. The van der Waals surface area contributed by atoms with Crippen LogP contribution in [0.5, 0.6) is 0 Å². The lowest BCUT2D eigenvalue weighted by molar-refractivity contribution is -0.277. The molecular weight excluding hydrogens is 611 g/mol. The summed E-state index contributed by atoms with van der Waals surface area (Å²) in [5, 5.41) is 1.25. The van der Waals surface area contributed by atoms with Crippen LogP contribution in [-0.4, -0.2) is 127 Å². The first kappa shape index (κ1) is 37.3. The van der Waals surface area contributed by atoms with Crippen LogP contribution in [0.4, 0.5) is 0 Å². The quantitative estimate of drug-likeness (QED) is 0.197. The number of hydrogen-bond acceptors (Lipinski definition) is 9. The third kappa shape index (κ3) is 9.98. The molecule has 2 unspecified atom stereocenters. The highest BCUT2D eigenvalue weighted by Crippen LogP contribution is 2.43. The van der Waals surface area contributed by atoms with E-state index >= 15 is 0 Å². The molecule has 0 bridgehead atoms. The number of rotatable bonds is 14. The van der Waals surface area contributed by atoms with Crippen LogP contribution in [0, 0.1) is 11.3 Å². The van der Waals surface area contributed by atoms with Gasteiger partial charge in [0.2, 0.25) is 13.3 Å². The number of carbonyl (C=O) groups excluding carboxylic acids is 3. The van der Waals surface area contributed by atoms with Crippen LogP contribution in [0.2, 0.25) is 0 Å². The molecule has 12 nitrogen and oxygen atoms in total. The van der Waals surface area contributed by atoms with Crippen LogP contribution in [0.3, 0.4) is 0 Å². The third-order valence-electron chi connectivity index (χ3n) is 9.19. The molecule has 0 radical (unpaired) electrons. The van der Waals surface area contributed by atoms with Crippen molar-refractivity contribution in [2.75, 3.05) is 58.8 Å². The summed E-state index contributed by atoms with van der Waals surface area (Å²) < 4.78 is 30.1. The lowest BCUT2D eigenvalue weighted by Gasteiger charge is -2.55. The molecule has 4 fully saturated rings. The number of fused-ring (bicyclic) bond motifs is 1. The fraction of sp³-hybridized carbons (Fsp3) is 0.909. The monoisotopic (exact) mass is 670 g/mol. The first-order chi connectivity index (χ1) is 21.7. The van der Waals surface area contributed by atoms with Crippen LogP contribution in [0.15, 0.2) is 0 Å². The zero-order valence-electron chi connectivity index (χ0n) is 29.3. The highest BCUT2D eigenvalue weighted by Gasteiger charge is 2.55. The van der Waals surface area contributed by atoms with Crippen molar-refractivity contribution in [3.05, 3.63) is 0 Å². The van der Waals surface area contributed by atoms with E-state index in [0.29, 0.717) is 19.4 Å². The molecule has 0 N–H and O–H groups in total. The molecule has 264 valence electrons. The molecule has 0 aromatic carbocycles. The number of amides is 3. The fourth-order valence-corrected chi connectivity index (χ4v) is 8.34. The van der Waals surface area contributed by atoms with Crippen LogP contribution < -0.4 is 0 Å². The molecular formula is C33H59N4O8P. The van der Waals surface area contributed by atoms with Crippen molar-refractivity contribution < 1.29 is 37.8 Å². The van der Waals surface area contributed by atoms with Crippen LogP contribution in [-0.2, 0) is 37.8 Å². The van der Waals surface area contributed by atoms with Gasteiger partial charge in [0.25, 0.3) is 11.8 Å². The molecule has 4 saturated heterocycles. The van der Waals surface area contributed by atoms with Gasteiger partial charge in [-0.3, -0.25) is 23.8 Å². The smallest absolute Gasteiger partial charge is 0.257 e. The van der Waals surface area contributed by atoms with Crippen LogP contribution >= 0.6 is 7.37 Å². The number of piperazine rings is 1. The molecule has 13 heteroatoms. The third-order valence-corrected chi connectivity index (χ3v) is 10.8. The number of hydroxylamine groups is 2. The van der Waals surface area contributed by atoms with E-state index in [0.717, 1.165) is 64.8 Å². The molecule has 3 amide bonds. The van der Waals surface area contributed by atoms with E-state index in [1.807, 2.05) is 18.7 Å². The lowest BCUT2D eigenvalue weighted by Crippen LogP contribution is -2.75. The van der Waals surface area contributed by atoms with Gasteiger partial charge >= 0.3 is 0 Å². The Kier molecular flexibility index (Phi) is 13.1. The second kappa shape index (κ2) is 16.2. The summed E-state index contributed by atoms with van der Waals surface area (Å²) in [5.74, 6) is -0.699. The number of ether oxygens (including phenoxy) is 2. The van der Waals surface area contributed by atoms with E-state index < -0.39 is 31.6 Å². The maximum absolute atomic E-state index is 14.3. The van der Waals surface area contributed by atoms with Crippen molar-refractivity contribution in [3.8, 4) is 0 Å². The molecule has 4 aliphatic heterocycles. The van der Waals surface area contributed by atoms with Crippen LogP contribution in [0.1, 0.15) is 92.9 Å². The first-order valence-corrected chi connectivity index (χ1v) is 19.7. The summed E-state index contributed by atoms with van der Waals surface area (Å²) in [6, 6.07) is -0.765. The minimum absolute atomic E-state index is 0.0369. The van der Waals surface area contributed by atoms with E-state index in [1.54, 1.807) is 11.8 Å². The molecule has 4 rings (SSSR count). The number of nitrogens with zero attached hydrogens (tertiary/aromatic N) is 4. The zero-order valence-corrected chi connectivity index (χ0v) is 30.2. The molecule has 46 heavy (non-hydrogen) atoms. The molecule has 0 spiro atoms. The van der Waals surface area contributed by atoms with Gasteiger partial charge in [-0.1, -0.05) is 34.6 Å². The fourth-order valence-electron chi connectivity index (χ4n) is 7.07. The van der Waals surface area contributed by atoms with Crippen molar-refractivity contribution in [1.82, 2.24) is 19.8 Å². The van der Waals surface area contributed by atoms with E-state index in [-0.39, 0.29) is 54.8 Å². The predicted octanol–water partition coefficient (Wildman–Crippen LogP) is 4.32.